The van der Waals surface area contributed by atoms with Gasteiger partial charge in [0.25, 0.3) is 0 Å². The molecule has 0 aliphatic carbocycles. The second-order valence-corrected chi connectivity index (χ2v) is 7.78. The molecule has 0 saturated carbocycles. The summed E-state index contributed by atoms with van der Waals surface area (Å²) in [6, 6.07) is -1.08. The van der Waals surface area contributed by atoms with Crippen molar-refractivity contribution in [2.24, 2.45) is 0 Å². The molecule has 0 rings (SSSR count). The van der Waals surface area contributed by atoms with Crippen molar-refractivity contribution in [3.05, 3.63) is 0 Å². The number of rotatable bonds is 20. The first kappa shape index (κ1) is 26.7. The molecule has 0 fully saturated rings. The predicted molar refractivity (Wildman–Crippen MR) is 115 cm³/mol. The largest absolute Gasteiger partial charge is 0.465 e. The third-order valence-corrected chi connectivity index (χ3v) is 5.13. The van der Waals surface area contributed by atoms with Gasteiger partial charge in [-0.15, -0.1) is 0 Å². The summed E-state index contributed by atoms with van der Waals surface area (Å²) in [7, 11) is 0. The van der Waals surface area contributed by atoms with Crippen molar-refractivity contribution in [1.29, 1.82) is 0 Å². The average Bonchev–Trinajstić information content (AvgIpc) is 2.68. The van der Waals surface area contributed by atoms with Crippen LogP contribution in [0.4, 0.5) is 4.79 Å². The van der Waals surface area contributed by atoms with Crippen molar-refractivity contribution < 1.29 is 19.8 Å². The number of hydrogen-bond donors (Lipinski definition) is 4. The summed E-state index contributed by atoms with van der Waals surface area (Å²) in [4.78, 5) is 22.2. The molecule has 0 saturated heterocycles. The molecule has 1 unspecified atom stereocenters. The molecule has 0 bridgehead atoms. The zero-order valence-corrected chi connectivity index (χ0v) is 18.0. The fraction of sp³-hybridized carbons (Fsp3) is 0.909. The van der Waals surface area contributed by atoms with Gasteiger partial charge in [0.05, 0.1) is 6.61 Å². The van der Waals surface area contributed by atoms with Gasteiger partial charge in [-0.25, -0.2) is 4.79 Å². The molecular weight excluding hydrogens is 356 g/mol. The molecule has 0 radical (unpaired) electrons. The number of nitrogens with one attached hydrogen (secondary N) is 2. The summed E-state index contributed by atoms with van der Waals surface area (Å²) in [5.74, 6) is -0.467. The van der Waals surface area contributed by atoms with Gasteiger partial charge in [-0.1, -0.05) is 103 Å². The summed E-state index contributed by atoms with van der Waals surface area (Å²) in [5, 5.41) is 22.2. The van der Waals surface area contributed by atoms with Crippen molar-refractivity contribution in [1.82, 2.24) is 10.6 Å². The lowest BCUT2D eigenvalue weighted by Gasteiger charge is -2.13. The molecule has 0 aliphatic heterocycles. The first-order valence-corrected chi connectivity index (χ1v) is 11.5. The molecule has 2 amide bonds. The molecule has 28 heavy (non-hydrogen) atoms. The van der Waals surface area contributed by atoms with E-state index in [9.17, 15) is 9.59 Å². The molecule has 166 valence electrons. The van der Waals surface area contributed by atoms with Crippen LogP contribution in [-0.4, -0.2) is 41.4 Å². The first-order valence-electron chi connectivity index (χ1n) is 11.5. The maximum Gasteiger partial charge on any atom is 0.405 e. The van der Waals surface area contributed by atoms with Gasteiger partial charge in [0.1, 0.15) is 6.04 Å². The van der Waals surface area contributed by atoms with Gasteiger partial charge in [0.2, 0.25) is 5.91 Å². The number of carbonyl (C=O) groups is 2. The average molecular weight is 401 g/mol. The second kappa shape index (κ2) is 20.4. The van der Waals surface area contributed by atoms with E-state index in [0.717, 1.165) is 12.8 Å². The molecule has 4 N–H and O–H groups in total. The number of aliphatic hydroxyl groups is 1. The highest BCUT2D eigenvalue weighted by Crippen LogP contribution is 2.13. The van der Waals surface area contributed by atoms with Gasteiger partial charge in [-0.05, 0) is 6.42 Å². The van der Waals surface area contributed by atoms with Gasteiger partial charge >= 0.3 is 6.09 Å². The number of carbonyl (C=O) groups excluding carboxylic acids is 1. The Morgan fingerprint density at radius 1 is 0.714 bits per heavy atom. The standard InChI is InChI=1S/C22H44N2O4/c1-2-3-4-5-6-7-8-9-10-11-12-13-14-15-16-17-18-23-21(26)20(19-25)24-22(27)28/h20,24-25H,2-19H2,1H3,(H,23,26)(H,27,28). The van der Waals surface area contributed by atoms with E-state index in [2.05, 4.69) is 12.2 Å². The molecule has 0 aromatic carbocycles. The lowest BCUT2D eigenvalue weighted by molar-refractivity contribution is -0.123. The van der Waals surface area contributed by atoms with Gasteiger partial charge < -0.3 is 20.8 Å². The summed E-state index contributed by atoms with van der Waals surface area (Å²) in [6.45, 7) is 2.25. The van der Waals surface area contributed by atoms with E-state index in [-0.39, 0.29) is 0 Å². The van der Waals surface area contributed by atoms with Crippen LogP contribution in [0.1, 0.15) is 110 Å². The molecule has 0 aromatic heterocycles. The Morgan fingerprint density at radius 3 is 1.46 bits per heavy atom. The number of amides is 2. The highest BCUT2D eigenvalue weighted by Gasteiger charge is 2.18. The van der Waals surface area contributed by atoms with Crippen LogP contribution in [0.25, 0.3) is 0 Å². The van der Waals surface area contributed by atoms with Crippen molar-refractivity contribution in [3.8, 4) is 0 Å². The third kappa shape index (κ3) is 18.1. The number of unbranched alkanes of at least 4 members (excludes halogenated alkanes) is 15. The van der Waals surface area contributed by atoms with Crippen LogP contribution in [0.5, 0.6) is 0 Å². The van der Waals surface area contributed by atoms with Crippen molar-refractivity contribution in [2.75, 3.05) is 13.2 Å². The zero-order chi connectivity index (χ0) is 20.9. The molecule has 0 heterocycles. The molecule has 6 nitrogen and oxygen atoms in total. The number of aliphatic hydroxyl groups excluding tert-OH is 1. The Labute approximate surface area is 171 Å². The molecule has 0 aromatic rings. The maximum absolute atomic E-state index is 11.7. The van der Waals surface area contributed by atoms with Gasteiger partial charge in [0, 0.05) is 6.54 Å². The van der Waals surface area contributed by atoms with E-state index in [0.29, 0.717) is 6.54 Å². The van der Waals surface area contributed by atoms with Crippen LogP contribution in [0.3, 0.4) is 0 Å². The van der Waals surface area contributed by atoms with Gasteiger partial charge in [-0.3, -0.25) is 4.79 Å². The van der Waals surface area contributed by atoms with E-state index < -0.39 is 24.6 Å². The van der Waals surface area contributed by atoms with E-state index >= 15 is 0 Å². The molecular formula is C22H44N2O4. The third-order valence-electron chi connectivity index (χ3n) is 5.13. The molecule has 0 aliphatic rings. The fourth-order valence-corrected chi connectivity index (χ4v) is 3.35. The van der Waals surface area contributed by atoms with Crippen molar-refractivity contribution in [2.45, 2.75) is 116 Å². The summed E-state index contributed by atoms with van der Waals surface area (Å²) in [6.07, 6.45) is 19.5. The maximum atomic E-state index is 11.7. The lowest BCUT2D eigenvalue weighted by Crippen LogP contribution is -2.48. The van der Waals surface area contributed by atoms with Crippen LogP contribution in [-0.2, 0) is 4.79 Å². The predicted octanol–water partition coefficient (Wildman–Crippen LogP) is 4.99. The Kier molecular flexibility index (Phi) is 19.5. The Morgan fingerprint density at radius 2 is 1.11 bits per heavy atom. The normalized spacial score (nSPS) is 11.9. The van der Waals surface area contributed by atoms with Crippen LogP contribution < -0.4 is 10.6 Å². The highest BCUT2D eigenvalue weighted by atomic mass is 16.4. The van der Waals surface area contributed by atoms with Gasteiger partial charge in [0.15, 0.2) is 0 Å². The minimum absolute atomic E-state index is 0.467. The number of hydrogen-bond acceptors (Lipinski definition) is 3. The smallest absolute Gasteiger partial charge is 0.405 e. The highest BCUT2D eigenvalue weighted by molar-refractivity contribution is 5.85. The summed E-state index contributed by atoms with van der Waals surface area (Å²) in [5.41, 5.74) is 0. The summed E-state index contributed by atoms with van der Waals surface area (Å²) >= 11 is 0. The zero-order valence-electron chi connectivity index (χ0n) is 18.0. The van der Waals surface area contributed by atoms with E-state index in [1.165, 1.54) is 89.9 Å². The van der Waals surface area contributed by atoms with Crippen LogP contribution in [0.15, 0.2) is 0 Å². The minimum atomic E-state index is -1.31. The molecule has 6 heteroatoms. The minimum Gasteiger partial charge on any atom is -0.465 e. The molecule has 0 spiro atoms. The van der Waals surface area contributed by atoms with Gasteiger partial charge in [-0.2, -0.15) is 0 Å². The first-order chi connectivity index (χ1) is 13.6. The quantitative estimate of drug-likeness (QED) is 0.216. The van der Waals surface area contributed by atoms with Crippen LogP contribution in [0.2, 0.25) is 0 Å². The van der Waals surface area contributed by atoms with Crippen molar-refractivity contribution in [3.63, 3.8) is 0 Å². The second-order valence-electron chi connectivity index (χ2n) is 7.78. The van der Waals surface area contributed by atoms with E-state index in [1.54, 1.807) is 0 Å². The Hall–Kier alpha value is -1.30. The van der Waals surface area contributed by atoms with E-state index in [1.807, 2.05) is 5.32 Å². The van der Waals surface area contributed by atoms with Crippen LogP contribution in [0, 0.1) is 0 Å². The van der Waals surface area contributed by atoms with Crippen LogP contribution >= 0.6 is 0 Å². The van der Waals surface area contributed by atoms with Crippen molar-refractivity contribution >= 4 is 12.0 Å². The summed E-state index contributed by atoms with van der Waals surface area (Å²) < 4.78 is 0. The monoisotopic (exact) mass is 400 g/mol. The topological polar surface area (TPSA) is 98.7 Å². The molecule has 1 atom stereocenters. The number of carboxylic acid groups (broad SMARTS) is 1. The van der Waals surface area contributed by atoms with E-state index in [4.69, 9.17) is 10.2 Å². The Bertz CT molecular complexity index is 378. The lowest BCUT2D eigenvalue weighted by atomic mass is 10.0. The fourth-order valence-electron chi connectivity index (χ4n) is 3.35. The SMILES string of the molecule is CCCCCCCCCCCCCCCCCCNC(=O)C(CO)NC(=O)O. The Balaban J connectivity index is 3.27.